The van der Waals surface area contributed by atoms with Crippen LogP contribution in [0, 0.1) is 10.8 Å². The van der Waals surface area contributed by atoms with Crippen LogP contribution in [0.3, 0.4) is 0 Å². The number of ketones is 1. The highest BCUT2D eigenvalue weighted by Crippen LogP contribution is 2.63. The van der Waals surface area contributed by atoms with Crippen LogP contribution in [0.2, 0.25) is 0 Å². The molecule has 2 fully saturated rings. The zero-order valence-corrected chi connectivity index (χ0v) is 19.9. The summed E-state index contributed by atoms with van der Waals surface area (Å²) in [5.41, 5.74) is -0.362. The maximum atomic E-state index is 14.0. The van der Waals surface area contributed by atoms with E-state index in [9.17, 15) is 14.4 Å². The van der Waals surface area contributed by atoms with E-state index in [1.165, 1.54) is 13.8 Å². The van der Waals surface area contributed by atoms with Gasteiger partial charge in [-0.05, 0) is 16.7 Å². The second-order valence-electron chi connectivity index (χ2n) is 10.7. The summed E-state index contributed by atoms with van der Waals surface area (Å²) in [6, 6.07) is 14.9. The van der Waals surface area contributed by atoms with E-state index in [-0.39, 0.29) is 5.78 Å². The molecule has 1 spiro atoms. The molecule has 0 saturated carbocycles. The Kier molecular flexibility index (Phi) is 4.76. The SMILES string of the molecule is CC1(C)OC(=O)C2(C(=O)O1)[C@@H]1c3ccccc3C=NN1[C@@H](C(=O)C(C)(C)C)[C@@H]2c1ccccc1. The minimum atomic E-state index is -1.81. The summed E-state index contributed by atoms with van der Waals surface area (Å²) in [6.07, 6.45) is 1.68. The fraction of sp³-hybridized carbons (Fsp3) is 0.407. The molecule has 0 radical (unpaired) electrons. The van der Waals surface area contributed by atoms with Gasteiger partial charge in [0, 0.05) is 25.2 Å². The fourth-order valence-electron chi connectivity index (χ4n) is 5.49. The molecule has 3 aliphatic rings. The van der Waals surface area contributed by atoms with Gasteiger partial charge in [-0.3, -0.25) is 19.4 Å². The molecule has 7 heteroatoms. The number of rotatable bonds is 2. The number of esters is 2. The zero-order valence-electron chi connectivity index (χ0n) is 19.9. The smallest absolute Gasteiger partial charge is 0.330 e. The van der Waals surface area contributed by atoms with Crippen molar-refractivity contribution >= 4 is 23.9 Å². The molecular formula is C27H28N2O5. The molecule has 34 heavy (non-hydrogen) atoms. The molecule has 3 atom stereocenters. The third kappa shape index (κ3) is 3.02. The number of fused-ring (bicyclic) bond motifs is 4. The van der Waals surface area contributed by atoms with Crippen molar-refractivity contribution < 1.29 is 23.9 Å². The van der Waals surface area contributed by atoms with Crippen molar-refractivity contribution in [3.63, 3.8) is 0 Å². The van der Waals surface area contributed by atoms with Gasteiger partial charge in [-0.1, -0.05) is 75.4 Å². The van der Waals surface area contributed by atoms with Crippen molar-refractivity contribution in [1.29, 1.82) is 0 Å². The molecule has 5 rings (SSSR count). The number of carbonyl (C=O) groups is 3. The first-order valence-electron chi connectivity index (χ1n) is 11.5. The lowest BCUT2D eigenvalue weighted by Crippen LogP contribution is -2.58. The van der Waals surface area contributed by atoms with E-state index >= 15 is 0 Å². The first-order chi connectivity index (χ1) is 16.0. The number of hydrogen-bond acceptors (Lipinski definition) is 7. The first-order valence-corrected chi connectivity index (χ1v) is 11.5. The van der Waals surface area contributed by atoms with Gasteiger partial charge in [0.1, 0.15) is 12.1 Å². The minimum Gasteiger partial charge on any atom is -0.422 e. The average molecular weight is 461 g/mol. The topological polar surface area (TPSA) is 85.3 Å². The van der Waals surface area contributed by atoms with Crippen LogP contribution in [0.4, 0.5) is 0 Å². The van der Waals surface area contributed by atoms with Gasteiger partial charge in [0.25, 0.3) is 5.79 Å². The molecule has 0 unspecified atom stereocenters. The summed E-state index contributed by atoms with van der Waals surface area (Å²) in [5.74, 6) is -3.79. The van der Waals surface area contributed by atoms with Crippen LogP contribution in [0.15, 0.2) is 59.7 Å². The number of carbonyl (C=O) groups excluding carboxylic acids is 3. The monoisotopic (exact) mass is 460 g/mol. The van der Waals surface area contributed by atoms with Crippen molar-refractivity contribution in [3.8, 4) is 0 Å². The Morgan fingerprint density at radius 3 is 2.15 bits per heavy atom. The third-order valence-electron chi connectivity index (χ3n) is 6.93. The molecule has 0 aromatic heterocycles. The molecule has 3 aliphatic heterocycles. The lowest BCUT2D eigenvalue weighted by molar-refractivity contribution is -0.254. The standard InChI is InChI=1S/C27H28N2O5/c1-25(2,3)22(30)20-19(16-11-7-6-8-12-16)27(23(31)33-26(4,5)34-24(27)32)21-18-14-10-9-13-17(18)15-28-29(20)21/h6-15,19-21H,1-5H3/t19-,20+,21-/m0/s1. The minimum absolute atomic E-state index is 0.120. The molecule has 0 aliphatic carbocycles. The Bertz CT molecular complexity index is 1190. The van der Waals surface area contributed by atoms with Crippen LogP contribution in [-0.2, 0) is 23.9 Å². The Hall–Kier alpha value is -3.48. The van der Waals surface area contributed by atoms with Crippen LogP contribution in [0.1, 0.15) is 63.3 Å². The van der Waals surface area contributed by atoms with Crippen LogP contribution < -0.4 is 0 Å². The Labute approximate surface area is 198 Å². The number of Topliss-reactive ketones (excluding diaryl/α,β-unsaturated/α-hetero) is 1. The van der Waals surface area contributed by atoms with Gasteiger partial charge in [-0.2, -0.15) is 5.10 Å². The Morgan fingerprint density at radius 1 is 0.941 bits per heavy atom. The van der Waals surface area contributed by atoms with Crippen molar-refractivity contribution in [2.24, 2.45) is 15.9 Å². The summed E-state index contributed by atoms with van der Waals surface area (Å²) in [7, 11) is 0. The number of cyclic esters (lactones) is 2. The summed E-state index contributed by atoms with van der Waals surface area (Å²) >= 11 is 0. The summed E-state index contributed by atoms with van der Waals surface area (Å²) in [6.45, 7) is 8.56. The molecule has 2 aromatic carbocycles. The highest BCUT2D eigenvalue weighted by molar-refractivity contribution is 6.07. The van der Waals surface area contributed by atoms with Crippen LogP contribution in [0.25, 0.3) is 0 Å². The van der Waals surface area contributed by atoms with Crippen LogP contribution in [0.5, 0.6) is 0 Å². The maximum Gasteiger partial charge on any atom is 0.330 e. The summed E-state index contributed by atoms with van der Waals surface area (Å²) < 4.78 is 11.5. The third-order valence-corrected chi connectivity index (χ3v) is 6.93. The van der Waals surface area contributed by atoms with E-state index in [1.807, 2.05) is 75.4 Å². The van der Waals surface area contributed by atoms with Gasteiger partial charge in [0.2, 0.25) is 5.41 Å². The average Bonchev–Trinajstić information content (AvgIpc) is 3.09. The van der Waals surface area contributed by atoms with Crippen molar-refractivity contribution in [1.82, 2.24) is 5.01 Å². The van der Waals surface area contributed by atoms with Crippen molar-refractivity contribution in [2.45, 2.75) is 58.4 Å². The van der Waals surface area contributed by atoms with E-state index in [2.05, 4.69) is 5.10 Å². The lowest BCUT2D eigenvalue weighted by Gasteiger charge is -2.44. The number of ether oxygens (including phenoxy) is 2. The van der Waals surface area contributed by atoms with Gasteiger partial charge in [-0.25, -0.2) is 0 Å². The second-order valence-corrected chi connectivity index (χ2v) is 10.7. The normalized spacial score (nSPS) is 26.5. The zero-order chi connectivity index (χ0) is 24.5. The maximum absolute atomic E-state index is 14.0. The number of nitrogens with zero attached hydrogens (tertiary/aromatic N) is 2. The molecule has 0 N–H and O–H groups in total. The Morgan fingerprint density at radius 2 is 1.53 bits per heavy atom. The van der Waals surface area contributed by atoms with Crippen molar-refractivity contribution in [3.05, 3.63) is 71.3 Å². The van der Waals surface area contributed by atoms with E-state index in [0.717, 1.165) is 11.1 Å². The van der Waals surface area contributed by atoms with Gasteiger partial charge in [0.05, 0.1) is 6.21 Å². The van der Waals surface area contributed by atoms with Crippen molar-refractivity contribution in [2.75, 3.05) is 0 Å². The van der Waals surface area contributed by atoms with E-state index in [4.69, 9.17) is 9.47 Å². The van der Waals surface area contributed by atoms with E-state index in [0.29, 0.717) is 5.56 Å². The predicted octanol–water partition coefficient (Wildman–Crippen LogP) is 3.98. The summed E-state index contributed by atoms with van der Waals surface area (Å²) in [5, 5.41) is 6.28. The highest BCUT2D eigenvalue weighted by Gasteiger charge is 2.75. The molecule has 0 amide bonds. The number of hydrogen-bond donors (Lipinski definition) is 0. The molecular weight excluding hydrogens is 432 g/mol. The van der Waals surface area contributed by atoms with E-state index < -0.39 is 46.6 Å². The molecule has 7 nitrogen and oxygen atoms in total. The van der Waals surface area contributed by atoms with Gasteiger partial charge in [-0.15, -0.1) is 0 Å². The molecule has 2 aromatic rings. The van der Waals surface area contributed by atoms with Gasteiger partial charge < -0.3 is 9.47 Å². The van der Waals surface area contributed by atoms with Crippen LogP contribution in [-0.4, -0.2) is 40.8 Å². The highest BCUT2D eigenvalue weighted by atomic mass is 16.7. The second kappa shape index (κ2) is 7.26. The molecule has 3 heterocycles. The van der Waals surface area contributed by atoms with Gasteiger partial charge in [0.15, 0.2) is 5.78 Å². The summed E-state index contributed by atoms with van der Waals surface area (Å²) in [4.78, 5) is 42.0. The van der Waals surface area contributed by atoms with E-state index in [1.54, 1.807) is 11.2 Å². The first kappa shape index (κ1) is 22.3. The predicted molar refractivity (Wildman–Crippen MR) is 125 cm³/mol. The lowest BCUT2D eigenvalue weighted by atomic mass is 9.64. The largest absolute Gasteiger partial charge is 0.422 e. The number of hydrazone groups is 1. The molecule has 176 valence electrons. The molecule has 0 bridgehead atoms. The quantitative estimate of drug-likeness (QED) is 0.498. The Balaban J connectivity index is 1.85. The van der Waals surface area contributed by atoms with Gasteiger partial charge >= 0.3 is 11.9 Å². The fourth-order valence-corrected chi connectivity index (χ4v) is 5.49. The number of benzene rings is 2. The van der Waals surface area contributed by atoms with Crippen LogP contribution >= 0.6 is 0 Å². The molecule has 2 saturated heterocycles.